The number of benzene rings is 1. The van der Waals surface area contributed by atoms with Crippen molar-refractivity contribution in [1.82, 2.24) is 4.98 Å². The molecule has 0 saturated heterocycles. The molecule has 1 aromatic heterocycles. The zero-order valence-corrected chi connectivity index (χ0v) is 13.3. The number of aromatic nitrogens is 1. The number of halogens is 1. The standard InChI is InChI=1S/C17H23ClN2/c1-4-13(3)12-20(5-2)17-15(11-18)10-14-8-6-7-9-16(14)19-17/h6-10,13H,4-5,11-12H2,1-3H3. The minimum atomic E-state index is 0.504. The summed E-state index contributed by atoms with van der Waals surface area (Å²) in [5.74, 6) is 2.21. The first-order chi connectivity index (χ1) is 9.69. The fraction of sp³-hybridized carbons (Fsp3) is 0.471. The van der Waals surface area contributed by atoms with Gasteiger partial charge in [0.25, 0.3) is 0 Å². The van der Waals surface area contributed by atoms with Crippen LogP contribution in [0.5, 0.6) is 0 Å². The van der Waals surface area contributed by atoms with Gasteiger partial charge in [0, 0.05) is 24.0 Å². The molecule has 108 valence electrons. The lowest BCUT2D eigenvalue weighted by Crippen LogP contribution is -2.29. The number of hydrogen-bond donors (Lipinski definition) is 0. The van der Waals surface area contributed by atoms with Crippen LogP contribution in [0.15, 0.2) is 30.3 Å². The van der Waals surface area contributed by atoms with Gasteiger partial charge >= 0.3 is 0 Å². The molecule has 0 N–H and O–H groups in total. The molecule has 0 aliphatic rings. The third-order valence-electron chi connectivity index (χ3n) is 3.83. The maximum atomic E-state index is 6.14. The average molecular weight is 291 g/mol. The van der Waals surface area contributed by atoms with Crippen molar-refractivity contribution in [3.05, 3.63) is 35.9 Å². The quantitative estimate of drug-likeness (QED) is 0.707. The molecule has 2 rings (SSSR count). The molecule has 0 amide bonds. The van der Waals surface area contributed by atoms with Gasteiger partial charge < -0.3 is 4.90 Å². The van der Waals surface area contributed by atoms with Gasteiger partial charge in [-0.3, -0.25) is 0 Å². The molecule has 2 aromatic rings. The van der Waals surface area contributed by atoms with Crippen molar-refractivity contribution in [2.75, 3.05) is 18.0 Å². The number of para-hydroxylation sites is 1. The van der Waals surface area contributed by atoms with Crippen molar-refractivity contribution in [2.45, 2.75) is 33.1 Å². The van der Waals surface area contributed by atoms with E-state index in [0.29, 0.717) is 11.8 Å². The van der Waals surface area contributed by atoms with Gasteiger partial charge in [-0.25, -0.2) is 4.98 Å². The third kappa shape index (κ3) is 3.24. The van der Waals surface area contributed by atoms with Crippen molar-refractivity contribution in [3.8, 4) is 0 Å². The Bertz CT molecular complexity index is 568. The van der Waals surface area contributed by atoms with Crippen molar-refractivity contribution in [1.29, 1.82) is 0 Å². The summed E-state index contributed by atoms with van der Waals surface area (Å²) >= 11 is 6.14. The van der Waals surface area contributed by atoms with E-state index in [1.165, 1.54) is 6.42 Å². The van der Waals surface area contributed by atoms with E-state index in [-0.39, 0.29) is 0 Å². The lowest BCUT2D eigenvalue weighted by atomic mass is 10.1. The zero-order chi connectivity index (χ0) is 14.5. The van der Waals surface area contributed by atoms with Crippen LogP contribution in [0.1, 0.15) is 32.8 Å². The van der Waals surface area contributed by atoms with Crippen LogP contribution >= 0.6 is 11.6 Å². The van der Waals surface area contributed by atoms with Gasteiger partial charge in [-0.05, 0) is 25.0 Å². The Labute approximate surface area is 126 Å². The number of nitrogens with zero attached hydrogens (tertiary/aromatic N) is 2. The number of pyridine rings is 1. The normalized spacial score (nSPS) is 12.6. The number of fused-ring (bicyclic) bond motifs is 1. The molecule has 1 unspecified atom stereocenters. The van der Waals surface area contributed by atoms with Crippen LogP contribution in [-0.2, 0) is 5.88 Å². The second-order valence-electron chi connectivity index (χ2n) is 5.35. The molecular formula is C17H23ClN2. The van der Waals surface area contributed by atoms with Crippen molar-refractivity contribution in [2.24, 2.45) is 5.92 Å². The highest BCUT2D eigenvalue weighted by atomic mass is 35.5. The Balaban J connectivity index is 2.44. The summed E-state index contributed by atoms with van der Waals surface area (Å²) in [5.41, 5.74) is 2.16. The van der Waals surface area contributed by atoms with Crippen LogP contribution in [-0.4, -0.2) is 18.1 Å². The Morgan fingerprint density at radius 3 is 2.65 bits per heavy atom. The Morgan fingerprint density at radius 1 is 1.25 bits per heavy atom. The van der Waals surface area contributed by atoms with Crippen LogP contribution in [0.25, 0.3) is 10.9 Å². The molecule has 0 spiro atoms. The lowest BCUT2D eigenvalue weighted by molar-refractivity contribution is 0.545. The van der Waals surface area contributed by atoms with E-state index in [4.69, 9.17) is 16.6 Å². The highest BCUT2D eigenvalue weighted by molar-refractivity contribution is 6.17. The predicted octanol–water partition coefficient (Wildman–Crippen LogP) is 4.85. The first-order valence-electron chi connectivity index (χ1n) is 7.39. The van der Waals surface area contributed by atoms with Gasteiger partial charge in [0.1, 0.15) is 5.82 Å². The Hall–Kier alpha value is -1.28. The van der Waals surface area contributed by atoms with Crippen LogP contribution in [0.4, 0.5) is 5.82 Å². The number of hydrogen-bond acceptors (Lipinski definition) is 2. The molecule has 0 bridgehead atoms. The van der Waals surface area contributed by atoms with E-state index in [9.17, 15) is 0 Å². The summed E-state index contributed by atoms with van der Waals surface area (Å²) in [6.45, 7) is 8.68. The number of anilines is 1. The van der Waals surface area contributed by atoms with E-state index in [1.807, 2.05) is 12.1 Å². The molecule has 0 fully saturated rings. The van der Waals surface area contributed by atoms with E-state index in [2.05, 4.69) is 43.9 Å². The Kier molecular flexibility index (Phi) is 5.24. The summed E-state index contributed by atoms with van der Waals surface area (Å²) in [7, 11) is 0. The third-order valence-corrected chi connectivity index (χ3v) is 4.12. The van der Waals surface area contributed by atoms with Gasteiger partial charge in [0.2, 0.25) is 0 Å². The SMILES string of the molecule is CCC(C)CN(CC)c1nc2ccccc2cc1CCl. The average Bonchev–Trinajstić information content (AvgIpc) is 2.50. The highest BCUT2D eigenvalue weighted by Crippen LogP contribution is 2.26. The lowest BCUT2D eigenvalue weighted by Gasteiger charge is -2.27. The summed E-state index contributed by atoms with van der Waals surface area (Å²) in [4.78, 5) is 7.19. The highest BCUT2D eigenvalue weighted by Gasteiger charge is 2.14. The monoisotopic (exact) mass is 290 g/mol. The fourth-order valence-corrected chi connectivity index (χ4v) is 2.59. The minimum absolute atomic E-state index is 0.504. The Morgan fingerprint density at radius 2 is 2.00 bits per heavy atom. The molecule has 0 aliphatic heterocycles. The van der Waals surface area contributed by atoms with Gasteiger partial charge in [0.15, 0.2) is 0 Å². The molecule has 0 aliphatic carbocycles. The summed E-state index contributed by atoms with van der Waals surface area (Å²) in [6, 6.07) is 10.4. The van der Waals surface area contributed by atoms with E-state index in [0.717, 1.165) is 35.4 Å². The summed E-state index contributed by atoms with van der Waals surface area (Å²) in [5, 5.41) is 1.16. The van der Waals surface area contributed by atoms with E-state index < -0.39 is 0 Å². The molecule has 1 aromatic carbocycles. The van der Waals surface area contributed by atoms with Crippen molar-refractivity contribution in [3.63, 3.8) is 0 Å². The van der Waals surface area contributed by atoms with Crippen molar-refractivity contribution < 1.29 is 0 Å². The number of rotatable bonds is 6. The maximum absolute atomic E-state index is 6.14. The molecule has 1 heterocycles. The molecule has 3 heteroatoms. The molecule has 0 radical (unpaired) electrons. The minimum Gasteiger partial charge on any atom is -0.356 e. The molecule has 1 atom stereocenters. The molecular weight excluding hydrogens is 268 g/mol. The van der Waals surface area contributed by atoms with Gasteiger partial charge in [-0.2, -0.15) is 0 Å². The van der Waals surface area contributed by atoms with Gasteiger partial charge in [-0.1, -0.05) is 38.5 Å². The van der Waals surface area contributed by atoms with Crippen LogP contribution in [0.2, 0.25) is 0 Å². The maximum Gasteiger partial charge on any atom is 0.133 e. The second-order valence-corrected chi connectivity index (χ2v) is 5.62. The summed E-state index contributed by atoms with van der Waals surface area (Å²) < 4.78 is 0. The smallest absolute Gasteiger partial charge is 0.133 e. The summed E-state index contributed by atoms with van der Waals surface area (Å²) in [6.07, 6.45) is 1.18. The van der Waals surface area contributed by atoms with Crippen LogP contribution in [0.3, 0.4) is 0 Å². The second kappa shape index (κ2) is 6.94. The molecule has 2 nitrogen and oxygen atoms in total. The molecule has 20 heavy (non-hydrogen) atoms. The largest absolute Gasteiger partial charge is 0.356 e. The van der Waals surface area contributed by atoms with Crippen LogP contribution in [0, 0.1) is 5.92 Å². The van der Waals surface area contributed by atoms with Gasteiger partial charge in [0.05, 0.1) is 11.4 Å². The number of alkyl halides is 1. The first-order valence-corrected chi connectivity index (χ1v) is 7.92. The van der Waals surface area contributed by atoms with E-state index >= 15 is 0 Å². The first kappa shape index (κ1) is 15.1. The van der Waals surface area contributed by atoms with E-state index in [1.54, 1.807) is 0 Å². The topological polar surface area (TPSA) is 16.1 Å². The predicted molar refractivity (Wildman–Crippen MR) is 88.6 cm³/mol. The van der Waals surface area contributed by atoms with Crippen molar-refractivity contribution >= 4 is 28.3 Å². The molecule has 0 saturated carbocycles. The van der Waals surface area contributed by atoms with Crippen LogP contribution < -0.4 is 4.90 Å². The van der Waals surface area contributed by atoms with Gasteiger partial charge in [-0.15, -0.1) is 11.6 Å². The fourth-order valence-electron chi connectivity index (χ4n) is 2.39. The zero-order valence-electron chi connectivity index (χ0n) is 12.6.